The number of hydrogen-bond acceptors (Lipinski definition) is 9. The highest BCUT2D eigenvalue weighted by atomic mass is 32.2. The van der Waals surface area contributed by atoms with Crippen LogP contribution in [0.1, 0.15) is 57.4 Å². The maximum atomic E-state index is 13.8. The standard InChI is InChI=1S/C31H39N7O6S/c1-5-44-30(41)37-36-26-20-38(45(42,43)27-14-8-9-17-32-27)18-10-13-23(26)34-29(40)25(19-31(2,3)4)35-28(39)24-16-15-21-11-6-7-12-22(21)33-24/h6-9,11-12,14-17,23,25H,5,10,13,18-20H2,1-4H3,(H,34,40)(H,35,39)(H,37,41)/b36-26-/t23?,25-/m0/s1. The second-order valence-corrected chi connectivity index (χ2v) is 13.7. The fraction of sp³-hybridized carbons (Fsp3) is 0.419. The normalized spacial score (nSPS) is 17.7. The predicted octanol–water partition coefficient (Wildman–Crippen LogP) is 3.24. The summed E-state index contributed by atoms with van der Waals surface area (Å²) in [6.45, 7) is 7.53. The summed E-state index contributed by atoms with van der Waals surface area (Å²) < 4.78 is 33.0. The van der Waals surface area contributed by atoms with E-state index in [9.17, 15) is 22.8 Å². The molecule has 0 bridgehead atoms. The van der Waals surface area contributed by atoms with Crippen molar-refractivity contribution in [2.24, 2.45) is 10.5 Å². The van der Waals surface area contributed by atoms with Gasteiger partial charge < -0.3 is 15.4 Å². The SMILES string of the molecule is CCOC(=O)N/N=C1/CN(S(=O)(=O)c2ccccn2)CCCC1NC(=O)[C@H](CC(C)(C)C)NC(=O)c1ccc2ccccc2n1. The number of nitrogens with zero attached hydrogens (tertiary/aromatic N) is 4. The Hall–Kier alpha value is -4.43. The fourth-order valence-electron chi connectivity index (χ4n) is 4.91. The number of ether oxygens (including phenoxy) is 1. The third-order valence-corrected chi connectivity index (χ3v) is 8.80. The third-order valence-electron chi connectivity index (χ3n) is 7.03. The van der Waals surface area contributed by atoms with Crippen LogP contribution in [0, 0.1) is 5.41 Å². The molecule has 1 aliphatic heterocycles. The van der Waals surface area contributed by atoms with Crippen molar-refractivity contribution in [3.63, 3.8) is 0 Å². The fourth-order valence-corrected chi connectivity index (χ4v) is 6.29. The van der Waals surface area contributed by atoms with Gasteiger partial charge in [0, 0.05) is 18.1 Å². The summed E-state index contributed by atoms with van der Waals surface area (Å²) in [6.07, 6.45) is 1.58. The first kappa shape index (κ1) is 33.5. The van der Waals surface area contributed by atoms with E-state index in [2.05, 4.69) is 31.1 Å². The number of aromatic nitrogens is 2. The van der Waals surface area contributed by atoms with Gasteiger partial charge in [0.05, 0.1) is 30.4 Å². The van der Waals surface area contributed by atoms with Gasteiger partial charge in [0.15, 0.2) is 5.03 Å². The van der Waals surface area contributed by atoms with Crippen molar-refractivity contribution in [1.82, 2.24) is 30.3 Å². The van der Waals surface area contributed by atoms with Crippen molar-refractivity contribution in [1.29, 1.82) is 0 Å². The maximum absolute atomic E-state index is 13.8. The topological polar surface area (TPSA) is 172 Å². The number of nitrogens with one attached hydrogen (secondary N) is 3. The summed E-state index contributed by atoms with van der Waals surface area (Å²) in [5, 5.41) is 10.7. The number of rotatable bonds is 9. The van der Waals surface area contributed by atoms with Crippen LogP contribution in [0.3, 0.4) is 0 Å². The summed E-state index contributed by atoms with van der Waals surface area (Å²) in [5.41, 5.74) is 2.98. The van der Waals surface area contributed by atoms with Crippen LogP contribution in [-0.4, -0.2) is 78.1 Å². The van der Waals surface area contributed by atoms with Crippen molar-refractivity contribution < 1.29 is 27.5 Å². The molecule has 0 saturated carbocycles. The molecule has 240 valence electrons. The number of para-hydroxylation sites is 1. The Labute approximate surface area is 262 Å². The number of carbonyl (C=O) groups is 3. The Bertz CT molecular complexity index is 1660. The van der Waals surface area contributed by atoms with Crippen LogP contribution in [0.2, 0.25) is 0 Å². The Balaban J connectivity index is 1.58. The summed E-state index contributed by atoms with van der Waals surface area (Å²) in [4.78, 5) is 47.7. The van der Waals surface area contributed by atoms with Crippen LogP contribution in [0.4, 0.5) is 4.79 Å². The van der Waals surface area contributed by atoms with Gasteiger partial charge in [-0.25, -0.2) is 28.6 Å². The molecule has 0 radical (unpaired) electrons. The molecule has 3 aromatic rings. The number of amides is 3. The molecule has 3 heterocycles. The first-order valence-corrected chi connectivity index (χ1v) is 16.2. The maximum Gasteiger partial charge on any atom is 0.427 e. The summed E-state index contributed by atoms with van der Waals surface area (Å²) in [7, 11) is -4.00. The molecule has 2 aromatic heterocycles. The Morgan fingerprint density at radius 2 is 1.84 bits per heavy atom. The second-order valence-electron chi connectivity index (χ2n) is 11.8. The number of benzene rings is 1. The average molecular weight is 638 g/mol. The molecular formula is C31H39N7O6S. The van der Waals surface area contributed by atoms with E-state index >= 15 is 0 Å². The first-order chi connectivity index (χ1) is 21.4. The lowest BCUT2D eigenvalue weighted by Gasteiger charge is -2.28. The highest BCUT2D eigenvalue weighted by Gasteiger charge is 2.35. The van der Waals surface area contributed by atoms with E-state index in [1.54, 1.807) is 37.3 Å². The van der Waals surface area contributed by atoms with Gasteiger partial charge in [0.25, 0.3) is 15.9 Å². The molecule has 45 heavy (non-hydrogen) atoms. The molecule has 13 nitrogen and oxygen atoms in total. The minimum Gasteiger partial charge on any atom is -0.449 e. The molecule has 3 amide bonds. The number of fused-ring (bicyclic) bond motifs is 1. The molecule has 0 spiro atoms. The van der Waals surface area contributed by atoms with E-state index in [0.717, 1.165) is 5.39 Å². The van der Waals surface area contributed by atoms with E-state index in [4.69, 9.17) is 4.74 Å². The van der Waals surface area contributed by atoms with Gasteiger partial charge in [-0.1, -0.05) is 51.1 Å². The molecule has 4 rings (SSSR count). The molecule has 1 fully saturated rings. The molecule has 1 unspecified atom stereocenters. The summed E-state index contributed by atoms with van der Waals surface area (Å²) in [5.74, 6) is -0.981. The number of carbonyl (C=O) groups excluding carboxylic acids is 3. The van der Waals surface area contributed by atoms with Crippen LogP contribution in [-0.2, 0) is 19.6 Å². The molecule has 1 saturated heterocycles. The largest absolute Gasteiger partial charge is 0.449 e. The molecule has 3 N–H and O–H groups in total. The predicted molar refractivity (Wildman–Crippen MR) is 169 cm³/mol. The average Bonchev–Trinajstić information content (AvgIpc) is 3.21. The van der Waals surface area contributed by atoms with E-state index in [0.29, 0.717) is 24.8 Å². The van der Waals surface area contributed by atoms with Crippen molar-refractivity contribution >= 4 is 44.5 Å². The Kier molecular flexibility index (Phi) is 10.8. The zero-order valence-electron chi connectivity index (χ0n) is 25.8. The highest BCUT2D eigenvalue weighted by molar-refractivity contribution is 7.89. The molecular weight excluding hydrogens is 598 g/mol. The summed E-state index contributed by atoms with van der Waals surface area (Å²) in [6, 6.07) is 13.7. The van der Waals surface area contributed by atoms with Crippen LogP contribution in [0.5, 0.6) is 0 Å². The van der Waals surface area contributed by atoms with Gasteiger partial charge in [0.2, 0.25) is 5.91 Å². The van der Waals surface area contributed by atoms with Gasteiger partial charge in [0.1, 0.15) is 11.7 Å². The van der Waals surface area contributed by atoms with Crippen molar-refractivity contribution in [3.05, 3.63) is 66.5 Å². The van der Waals surface area contributed by atoms with E-state index < -0.39 is 40.0 Å². The van der Waals surface area contributed by atoms with Crippen LogP contribution < -0.4 is 16.1 Å². The van der Waals surface area contributed by atoms with Crippen molar-refractivity contribution in [2.75, 3.05) is 19.7 Å². The molecule has 1 aromatic carbocycles. The van der Waals surface area contributed by atoms with Gasteiger partial charge in [-0.2, -0.15) is 9.41 Å². The minimum atomic E-state index is -4.00. The number of hydrogen-bond donors (Lipinski definition) is 3. The number of sulfonamides is 1. The Morgan fingerprint density at radius 1 is 1.09 bits per heavy atom. The lowest BCUT2D eigenvalue weighted by molar-refractivity contribution is -0.124. The van der Waals surface area contributed by atoms with Crippen molar-refractivity contribution in [3.8, 4) is 0 Å². The molecule has 0 aliphatic carbocycles. The number of pyridine rings is 2. The Morgan fingerprint density at radius 3 is 2.56 bits per heavy atom. The second kappa shape index (κ2) is 14.6. The van der Waals surface area contributed by atoms with Gasteiger partial charge in [-0.3, -0.25) is 9.59 Å². The number of hydrazone groups is 1. The van der Waals surface area contributed by atoms with Gasteiger partial charge in [-0.05, 0) is 55.9 Å². The van der Waals surface area contributed by atoms with Crippen molar-refractivity contribution in [2.45, 2.75) is 64.1 Å². The quantitative estimate of drug-likeness (QED) is 0.300. The first-order valence-electron chi connectivity index (χ1n) is 14.7. The van der Waals surface area contributed by atoms with Gasteiger partial charge >= 0.3 is 6.09 Å². The van der Waals surface area contributed by atoms with E-state index in [1.807, 2.05) is 39.0 Å². The third kappa shape index (κ3) is 9.05. The lowest BCUT2D eigenvalue weighted by atomic mass is 9.87. The molecule has 1 aliphatic rings. The minimum absolute atomic E-state index is 0.108. The van der Waals surface area contributed by atoms with E-state index in [1.165, 1.54) is 16.6 Å². The van der Waals surface area contributed by atoms with Crippen LogP contribution >= 0.6 is 0 Å². The van der Waals surface area contributed by atoms with Crippen LogP contribution in [0.15, 0.2) is 70.9 Å². The van der Waals surface area contributed by atoms with E-state index in [-0.39, 0.29) is 41.5 Å². The van der Waals surface area contributed by atoms with Gasteiger partial charge in [-0.15, -0.1) is 0 Å². The smallest absolute Gasteiger partial charge is 0.427 e. The molecule has 14 heteroatoms. The monoisotopic (exact) mass is 637 g/mol. The van der Waals surface area contributed by atoms with Crippen LogP contribution in [0.25, 0.3) is 10.9 Å². The zero-order valence-corrected chi connectivity index (χ0v) is 26.6. The lowest BCUT2D eigenvalue weighted by Crippen LogP contribution is -2.53. The molecule has 2 atom stereocenters. The highest BCUT2D eigenvalue weighted by Crippen LogP contribution is 2.23. The zero-order chi connectivity index (χ0) is 32.6. The summed E-state index contributed by atoms with van der Waals surface area (Å²) >= 11 is 0.